The molecule has 5 nitrogen and oxygen atoms in total. The number of aryl methyl sites for hydroxylation is 1. The summed E-state index contributed by atoms with van der Waals surface area (Å²) < 4.78 is 15.0. The standard InChI is InChI=1S/C15H15BrFN3O2S2/c1-7-12(6-13(18)21)24-15(19-7)23-8(2)14(22)20-11-4-3-9(16)5-10(11)17/h3-5,8H,6H2,1-2H3,(H2,18,21)(H,20,22)/t8-/m1/s1. The van der Waals surface area contributed by atoms with Gasteiger partial charge in [0.2, 0.25) is 11.8 Å². The van der Waals surface area contributed by atoms with Crippen molar-refractivity contribution in [3.63, 3.8) is 0 Å². The molecule has 0 unspecified atom stereocenters. The fourth-order valence-corrected chi connectivity index (χ4v) is 4.52. The minimum atomic E-state index is -0.510. The molecule has 128 valence electrons. The number of nitrogens with two attached hydrogens (primary N) is 1. The van der Waals surface area contributed by atoms with Gasteiger partial charge < -0.3 is 11.1 Å². The summed E-state index contributed by atoms with van der Waals surface area (Å²) in [5.74, 6) is -1.26. The number of anilines is 1. The van der Waals surface area contributed by atoms with Crippen LogP contribution in [-0.2, 0) is 16.0 Å². The van der Waals surface area contributed by atoms with Crippen molar-refractivity contribution < 1.29 is 14.0 Å². The van der Waals surface area contributed by atoms with Crippen molar-refractivity contribution in [2.75, 3.05) is 5.32 Å². The number of rotatable bonds is 6. The van der Waals surface area contributed by atoms with Crippen molar-refractivity contribution in [1.29, 1.82) is 0 Å². The molecule has 0 aliphatic rings. The molecule has 1 aromatic carbocycles. The maximum atomic E-state index is 13.8. The van der Waals surface area contributed by atoms with E-state index in [1.54, 1.807) is 19.9 Å². The minimum absolute atomic E-state index is 0.125. The largest absolute Gasteiger partial charge is 0.369 e. The molecule has 0 spiro atoms. The molecule has 24 heavy (non-hydrogen) atoms. The number of thioether (sulfide) groups is 1. The van der Waals surface area contributed by atoms with E-state index in [4.69, 9.17) is 5.73 Å². The Morgan fingerprint density at radius 2 is 2.21 bits per heavy atom. The first kappa shape index (κ1) is 18.9. The molecular formula is C15H15BrFN3O2S2. The molecule has 0 aliphatic carbocycles. The highest BCUT2D eigenvalue weighted by atomic mass is 79.9. The SMILES string of the molecule is Cc1nc(S[C@H](C)C(=O)Nc2ccc(Br)cc2F)sc1CC(N)=O. The number of nitrogens with zero attached hydrogens (tertiary/aromatic N) is 1. The number of thiazole rings is 1. The van der Waals surface area contributed by atoms with Gasteiger partial charge >= 0.3 is 0 Å². The van der Waals surface area contributed by atoms with E-state index in [0.29, 0.717) is 8.81 Å². The molecule has 1 aromatic heterocycles. The molecular weight excluding hydrogens is 417 g/mol. The van der Waals surface area contributed by atoms with Crippen LogP contribution < -0.4 is 11.1 Å². The third-order valence-corrected chi connectivity index (χ3v) is 5.89. The molecule has 0 saturated carbocycles. The lowest BCUT2D eigenvalue weighted by Crippen LogP contribution is -2.22. The van der Waals surface area contributed by atoms with Crippen LogP contribution in [0, 0.1) is 12.7 Å². The maximum absolute atomic E-state index is 13.8. The number of amides is 2. The number of hydrogen-bond donors (Lipinski definition) is 2. The second-order valence-electron chi connectivity index (χ2n) is 5.00. The van der Waals surface area contributed by atoms with Gasteiger partial charge in [0.05, 0.1) is 23.1 Å². The topological polar surface area (TPSA) is 85.1 Å². The molecule has 0 radical (unpaired) electrons. The molecule has 2 rings (SSSR count). The van der Waals surface area contributed by atoms with E-state index >= 15 is 0 Å². The van der Waals surface area contributed by atoms with E-state index in [2.05, 4.69) is 26.2 Å². The first-order valence-electron chi connectivity index (χ1n) is 6.93. The molecule has 9 heteroatoms. The maximum Gasteiger partial charge on any atom is 0.237 e. The van der Waals surface area contributed by atoms with Gasteiger partial charge in [0.1, 0.15) is 5.82 Å². The fourth-order valence-electron chi connectivity index (χ4n) is 1.80. The zero-order valence-electron chi connectivity index (χ0n) is 12.9. The van der Waals surface area contributed by atoms with E-state index in [9.17, 15) is 14.0 Å². The number of carbonyl (C=O) groups is 2. The van der Waals surface area contributed by atoms with Crippen molar-refractivity contribution >= 4 is 56.5 Å². The number of hydrogen-bond acceptors (Lipinski definition) is 5. The Morgan fingerprint density at radius 3 is 2.83 bits per heavy atom. The van der Waals surface area contributed by atoms with Crippen molar-refractivity contribution in [2.24, 2.45) is 5.73 Å². The number of carbonyl (C=O) groups excluding carboxylic acids is 2. The van der Waals surface area contributed by atoms with E-state index in [0.717, 1.165) is 10.6 Å². The summed E-state index contributed by atoms with van der Waals surface area (Å²) >= 11 is 5.75. The number of primary amides is 1. The van der Waals surface area contributed by atoms with Gasteiger partial charge in [-0.25, -0.2) is 9.37 Å². The van der Waals surface area contributed by atoms with Crippen molar-refractivity contribution in [3.05, 3.63) is 39.1 Å². The van der Waals surface area contributed by atoms with Crippen LogP contribution in [0.15, 0.2) is 27.0 Å². The quantitative estimate of drug-likeness (QED) is 0.685. The Balaban J connectivity index is 2.02. The molecule has 0 saturated heterocycles. The van der Waals surface area contributed by atoms with Crippen LogP contribution in [0.4, 0.5) is 10.1 Å². The molecule has 0 fully saturated rings. The Morgan fingerprint density at radius 1 is 1.50 bits per heavy atom. The number of aromatic nitrogens is 1. The lowest BCUT2D eigenvalue weighted by molar-refractivity contribution is -0.117. The van der Waals surface area contributed by atoms with Crippen LogP contribution in [0.1, 0.15) is 17.5 Å². The zero-order chi connectivity index (χ0) is 17.9. The van der Waals surface area contributed by atoms with E-state index in [1.807, 2.05) is 0 Å². The molecule has 0 bridgehead atoms. The third-order valence-electron chi connectivity index (χ3n) is 3.04. The van der Waals surface area contributed by atoms with Crippen molar-refractivity contribution in [3.8, 4) is 0 Å². The Kier molecular flexibility index (Phi) is 6.36. The molecule has 0 aliphatic heterocycles. The fraction of sp³-hybridized carbons (Fsp3) is 0.267. The predicted octanol–water partition coefficient (Wildman–Crippen LogP) is 3.50. The van der Waals surface area contributed by atoms with Crippen LogP contribution >= 0.6 is 39.0 Å². The highest BCUT2D eigenvalue weighted by Crippen LogP contribution is 2.31. The van der Waals surface area contributed by atoms with E-state index in [1.165, 1.54) is 35.2 Å². The summed E-state index contributed by atoms with van der Waals surface area (Å²) in [4.78, 5) is 28.4. The summed E-state index contributed by atoms with van der Waals surface area (Å²) in [6.45, 7) is 3.50. The normalized spacial score (nSPS) is 12.0. The highest BCUT2D eigenvalue weighted by molar-refractivity contribution is 9.10. The van der Waals surface area contributed by atoms with Crippen LogP contribution in [0.5, 0.6) is 0 Å². The minimum Gasteiger partial charge on any atom is -0.369 e. The zero-order valence-corrected chi connectivity index (χ0v) is 16.1. The van der Waals surface area contributed by atoms with Gasteiger partial charge in [-0.15, -0.1) is 11.3 Å². The van der Waals surface area contributed by atoms with Gasteiger partial charge in [0.25, 0.3) is 0 Å². The highest BCUT2D eigenvalue weighted by Gasteiger charge is 2.19. The average molecular weight is 432 g/mol. The van der Waals surface area contributed by atoms with Crippen LogP contribution in [0.3, 0.4) is 0 Å². The summed E-state index contributed by atoms with van der Waals surface area (Å²) in [5, 5.41) is 2.09. The lowest BCUT2D eigenvalue weighted by Gasteiger charge is -2.11. The first-order valence-corrected chi connectivity index (χ1v) is 9.42. The van der Waals surface area contributed by atoms with Gasteiger partial charge in [-0.1, -0.05) is 27.7 Å². The first-order chi connectivity index (χ1) is 11.3. The summed E-state index contributed by atoms with van der Waals surface area (Å²) in [6.07, 6.45) is 0.134. The molecule has 1 heterocycles. The summed E-state index contributed by atoms with van der Waals surface area (Å²) in [6, 6.07) is 4.43. The van der Waals surface area contributed by atoms with Crippen molar-refractivity contribution in [2.45, 2.75) is 29.9 Å². The summed E-state index contributed by atoms with van der Waals surface area (Å²) in [5.41, 5.74) is 6.05. The van der Waals surface area contributed by atoms with E-state index < -0.39 is 17.0 Å². The molecule has 1 atom stereocenters. The monoisotopic (exact) mass is 431 g/mol. The summed E-state index contributed by atoms with van der Waals surface area (Å²) in [7, 11) is 0. The van der Waals surface area contributed by atoms with Gasteiger partial charge in [0, 0.05) is 9.35 Å². The van der Waals surface area contributed by atoms with Gasteiger partial charge in [0.15, 0.2) is 4.34 Å². The number of halogens is 2. The van der Waals surface area contributed by atoms with Crippen LogP contribution in [0.2, 0.25) is 0 Å². The Hall–Kier alpha value is -1.45. The number of nitrogens with one attached hydrogen (secondary N) is 1. The second kappa shape index (κ2) is 8.09. The molecule has 3 N–H and O–H groups in total. The van der Waals surface area contributed by atoms with Crippen LogP contribution in [-0.4, -0.2) is 22.0 Å². The van der Waals surface area contributed by atoms with E-state index in [-0.39, 0.29) is 18.0 Å². The Bertz CT molecular complexity index is 782. The molecule has 2 aromatic rings. The van der Waals surface area contributed by atoms with Crippen molar-refractivity contribution in [1.82, 2.24) is 4.98 Å². The van der Waals surface area contributed by atoms with Gasteiger partial charge in [-0.2, -0.15) is 0 Å². The number of benzene rings is 1. The third kappa shape index (κ3) is 5.02. The average Bonchev–Trinajstić information content (AvgIpc) is 2.80. The molecule has 2 amide bonds. The lowest BCUT2D eigenvalue weighted by atomic mass is 10.3. The smallest absolute Gasteiger partial charge is 0.237 e. The van der Waals surface area contributed by atoms with Crippen LogP contribution in [0.25, 0.3) is 0 Å². The van der Waals surface area contributed by atoms with Gasteiger partial charge in [-0.05, 0) is 32.0 Å². The van der Waals surface area contributed by atoms with Gasteiger partial charge in [-0.3, -0.25) is 9.59 Å². The predicted molar refractivity (Wildman–Crippen MR) is 97.8 cm³/mol. The Labute approximate surface area is 155 Å². The second-order valence-corrected chi connectivity index (χ2v) is 8.59.